The van der Waals surface area contributed by atoms with Crippen LogP contribution in [0.4, 0.5) is 0 Å². The highest BCUT2D eigenvalue weighted by atomic mass is 35.5. The molecule has 1 rings (SSSR count). The standard InChI is InChI=1S/C9H11ClN2O3/c1-2-3-4-15-7-5-6(8(13)14)11-9(10)12-7/h5H,2-4H2,1H3,(H,13,14). The summed E-state index contributed by atoms with van der Waals surface area (Å²) in [6.07, 6.45) is 1.87. The average molecular weight is 231 g/mol. The van der Waals surface area contributed by atoms with Gasteiger partial charge in [-0.15, -0.1) is 0 Å². The van der Waals surface area contributed by atoms with E-state index < -0.39 is 5.97 Å². The first kappa shape index (κ1) is 11.7. The molecule has 0 aromatic carbocycles. The summed E-state index contributed by atoms with van der Waals surface area (Å²) in [6.45, 7) is 2.52. The van der Waals surface area contributed by atoms with Crippen LogP contribution in [0.15, 0.2) is 6.07 Å². The summed E-state index contributed by atoms with van der Waals surface area (Å²) in [5.74, 6) is -0.958. The fraction of sp³-hybridized carbons (Fsp3) is 0.444. The van der Waals surface area contributed by atoms with Crippen LogP contribution in [0.3, 0.4) is 0 Å². The molecule has 0 saturated carbocycles. The number of aromatic nitrogens is 2. The van der Waals surface area contributed by atoms with E-state index in [1.54, 1.807) is 0 Å². The Kier molecular flexibility index (Phi) is 4.30. The normalized spacial score (nSPS) is 10.0. The van der Waals surface area contributed by atoms with E-state index in [0.717, 1.165) is 12.8 Å². The van der Waals surface area contributed by atoms with E-state index in [0.29, 0.717) is 6.61 Å². The van der Waals surface area contributed by atoms with Crippen molar-refractivity contribution in [3.05, 3.63) is 17.0 Å². The van der Waals surface area contributed by atoms with E-state index in [-0.39, 0.29) is 16.9 Å². The van der Waals surface area contributed by atoms with Gasteiger partial charge in [0.05, 0.1) is 6.61 Å². The van der Waals surface area contributed by atoms with Crippen LogP contribution in [-0.2, 0) is 0 Å². The molecule has 1 aromatic heterocycles. The van der Waals surface area contributed by atoms with Crippen LogP contribution in [-0.4, -0.2) is 27.7 Å². The van der Waals surface area contributed by atoms with Gasteiger partial charge in [-0.3, -0.25) is 0 Å². The summed E-state index contributed by atoms with van der Waals surface area (Å²) < 4.78 is 5.22. The SMILES string of the molecule is CCCCOc1cc(C(=O)O)nc(Cl)n1. The zero-order valence-electron chi connectivity index (χ0n) is 8.23. The minimum Gasteiger partial charge on any atom is -0.478 e. The van der Waals surface area contributed by atoms with E-state index in [1.807, 2.05) is 6.92 Å². The Morgan fingerprint density at radius 2 is 2.33 bits per heavy atom. The maximum absolute atomic E-state index is 10.6. The van der Waals surface area contributed by atoms with Crippen LogP contribution in [0.5, 0.6) is 5.88 Å². The lowest BCUT2D eigenvalue weighted by Crippen LogP contribution is -2.05. The Balaban J connectivity index is 2.75. The Hall–Kier alpha value is -1.36. The molecule has 6 heteroatoms. The first-order chi connectivity index (χ1) is 7.13. The second-order valence-electron chi connectivity index (χ2n) is 2.87. The molecule has 0 radical (unpaired) electrons. The van der Waals surface area contributed by atoms with Crippen LogP contribution in [0.1, 0.15) is 30.3 Å². The van der Waals surface area contributed by atoms with Gasteiger partial charge in [-0.25, -0.2) is 9.78 Å². The minimum absolute atomic E-state index is 0.124. The summed E-state index contributed by atoms with van der Waals surface area (Å²) >= 11 is 5.54. The van der Waals surface area contributed by atoms with Gasteiger partial charge in [-0.2, -0.15) is 4.98 Å². The van der Waals surface area contributed by atoms with Crippen LogP contribution in [0, 0.1) is 0 Å². The van der Waals surface area contributed by atoms with Crippen molar-refractivity contribution in [2.45, 2.75) is 19.8 Å². The maximum Gasteiger partial charge on any atom is 0.354 e. The maximum atomic E-state index is 10.6. The first-order valence-corrected chi connectivity index (χ1v) is 4.92. The van der Waals surface area contributed by atoms with E-state index in [2.05, 4.69) is 9.97 Å². The molecular formula is C9H11ClN2O3. The largest absolute Gasteiger partial charge is 0.478 e. The molecule has 1 aromatic rings. The van der Waals surface area contributed by atoms with E-state index >= 15 is 0 Å². The number of rotatable bonds is 5. The minimum atomic E-state index is -1.15. The molecule has 0 unspecified atom stereocenters. The van der Waals surface area contributed by atoms with E-state index in [9.17, 15) is 4.79 Å². The monoisotopic (exact) mass is 230 g/mol. The zero-order valence-corrected chi connectivity index (χ0v) is 8.99. The fourth-order valence-corrected chi connectivity index (χ4v) is 1.08. The molecule has 1 N–H and O–H groups in total. The predicted molar refractivity (Wildman–Crippen MR) is 54.4 cm³/mol. The highest BCUT2D eigenvalue weighted by Crippen LogP contribution is 2.13. The molecule has 0 atom stereocenters. The van der Waals surface area contributed by atoms with Crippen molar-refractivity contribution in [3.8, 4) is 5.88 Å². The average Bonchev–Trinajstić information content (AvgIpc) is 2.17. The number of nitrogens with zero attached hydrogens (tertiary/aromatic N) is 2. The molecule has 0 amide bonds. The smallest absolute Gasteiger partial charge is 0.354 e. The van der Waals surface area contributed by atoms with Gasteiger partial charge in [-0.1, -0.05) is 13.3 Å². The second-order valence-corrected chi connectivity index (χ2v) is 3.21. The predicted octanol–water partition coefficient (Wildman–Crippen LogP) is 2.01. The fourth-order valence-electron chi connectivity index (χ4n) is 0.901. The van der Waals surface area contributed by atoms with Crippen molar-refractivity contribution in [2.75, 3.05) is 6.61 Å². The number of carboxylic acid groups (broad SMARTS) is 1. The third-order valence-corrected chi connectivity index (χ3v) is 1.81. The summed E-state index contributed by atoms with van der Waals surface area (Å²) in [5.41, 5.74) is -0.165. The van der Waals surface area contributed by atoms with Crippen molar-refractivity contribution in [1.82, 2.24) is 9.97 Å². The van der Waals surface area contributed by atoms with Gasteiger partial charge in [0.1, 0.15) is 0 Å². The summed E-state index contributed by atoms with van der Waals surface area (Å²) in [6, 6.07) is 1.25. The molecule has 0 bridgehead atoms. The highest BCUT2D eigenvalue weighted by molar-refractivity contribution is 6.28. The molecular weight excluding hydrogens is 220 g/mol. The topological polar surface area (TPSA) is 72.3 Å². The zero-order chi connectivity index (χ0) is 11.3. The molecule has 15 heavy (non-hydrogen) atoms. The molecule has 82 valence electrons. The molecule has 0 spiro atoms. The van der Waals surface area contributed by atoms with Crippen LogP contribution < -0.4 is 4.74 Å². The Morgan fingerprint density at radius 1 is 1.60 bits per heavy atom. The Labute approximate surface area is 92.1 Å². The summed E-state index contributed by atoms with van der Waals surface area (Å²) in [5, 5.41) is 8.58. The third-order valence-electron chi connectivity index (χ3n) is 1.64. The number of aromatic carboxylic acids is 1. The number of ether oxygens (including phenoxy) is 1. The number of carbonyl (C=O) groups is 1. The van der Waals surface area contributed by atoms with Crippen LogP contribution >= 0.6 is 11.6 Å². The molecule has 0 saturated heterocycles. The number of hydrogen-bond acceptors (Lipinski definition) is 4. The molecule has 0 aliphatic carbocycles. The number of hydrogen-bond donors (Lipinski definition) is 1. The van der Waals surface area contributed by atoms with Gasteiger partial charge in [0.15, 0.2) is 5.69 Å². The van der Waals surface area contributed by atoms with Gasteiger partial charge in [0.2, 0.25) is 11.2 Å². The number of carboxylic acids is 1. The Bertz CT molecular complexity index is 357. The lowest BCUT2D eigenvalue weighted by atomic mass is 10.3. The highest BCUT2D eigenvalue weighted by Gasteiger charge is 2.09. The van der Waals surface area contributed by atoms with E-state index in [1.165, 1.54) is 6.07 Å². The van der Waals surface area contributed by atoms with Gasteiger partial charge in [-0.05, 0) is 18.0 Å². The van der Waals surface area contributed by atoms with Crippen LogP contribution in [0.25, 0.3) is 0 Å². The first-order valence-electron chi connectivity index (χ1n) is 4.54. The van der Waals surface area contributed by atoms with Gasteiger partial charge < -0.3 is 9.84 Å². The molecule has 1 heterocycles. The Morgan fingerprint density at radius 3 is 2.93 bits per heavy atom. The summed E-state index contributed by atoms with van der Waals surface area (Å²) in [4.78, 5) is 17.9. The van der Waals surface area contributed by atoms with E-state index in [4.69, 9.17) is 21.4 Å². The van der Waals surface area contributed by atoms with Gasteiger partial charge in [0, 0.05) is 6.07 Å². The van der Waals surface area contributed by atoms with Crippen molar-refractivity contribution in [2.24, 2.45) is 0 Å². The summed E-state index contributed by atoms with van der Waals surface area (Å²) in [7, 11) is 0. The van der Waals surface area contributed by atoms with Crippen molar-refractivity contribution >= 4 is 17.6 Å². The number of halogens is 1. The lowest BCUT2D eigenvalue weighted by molar-refractivity contribution is 0.0689. The van der Waals surface area contributed by atoms with Crippen molar-refractivity contribution < 1.29 is 14.6 Å². The molecule has 0 fully saturated rings. The van der Waals surface area contributed by atoms with Gasteiger partial charge >= 0.3 is 5.97 Å². The molecule has 5 nitrogen and oxygen atoms in total. The van der Waals surface area contributed by atoms with Crippen LogP contribution in [0.2, 0.25) is 5.28 Å². The second kappa shape index (κ2) is 5.50. The molecule has 0 aliphatic rings. The van der Waals surface area contributed by atoms with Gasteiger partial charge in [0.25, 0.3) is 0 Å². The third kappa shape index (κ3) is 3.71. The quantitative estimate of drug-likeness (QED) is 0.619. The number of unbranched alkanes of at least 4 members (excludes halogenated alkanes) is 1. The lowest BCUT2D eigenvalue weighted by Gasteiger charge is -2.04. The van der Waals surface area contributed by atoms with Crippen molar-refractivity contribution in [1.29, 1.82) is 0 Å². The molecule has 0 aliphatic heterocycles. The van der Waals surface area contributed by atoms with Crippen molar-refractivity contribution in [3.63, 3.8) is 0 Å².